The number of carbonyl (C=O) groups is 2. The maximum atomic E-state index is 12.9. The van der Waals surface area contributed by atoms with Gasteiger partial charge in [0.2, 0.25) is 0 Å². The fourth-order valence-electron chi connectivity index (χ4n) is 3.86. The maximum Gasteiger partial charge on any atom is 0.323 e. The summed E-state index contributed by atoms with van der Waals surface area (Å²) in [5, 5.41) is 8.77. The Balaban J connectivity index is 1.51. The van der Waals surface area contributed by atoms with Gasteiger partial charge in [-0.1, -0.05) is 42.0 Å². The van der Waals surface area contributed by atoms with E-state index >= 15 is 0 Å². The van der Waals surface area contributed by atoms with Crippen molar-refractivity contribution in [3.63, 3.8) is 0 Å². The molecular formula is C27H30N4O3. The minimum Gasteiger partial charge on any atom is -0.378 e. The van der Waals surface area contributed by atoms with Gasteiger partial charge in [-0.15, -0.1) is 0 Å². The number of rotatable bonds is 6. The average molecular weight is 459 g/mol. The molecule has 1 aliphatic rings. The highest BCUT2D eigenvalue weighted by Gasteiger charge is 2.18. The SMILES string of the molecule is Cc1ccc(CNC(=O)c2ccc(N3CCOCC3)c(NC(=O)Nc3cccc(C)c3)c2)cc1. The molecule has 176 valence electrons. The lowest BCUT2D eigenvalue weighted by atomic mass is 10.1. The predicted octanol–water partition coefficient (Wildman–Crippen LogP) is 4.71. The highest BCUT2D eigenvalue weighted by molar-refractivity contribution is 6.04. The van der Waals surface area contributed by atoms with Crippen molar-refractivity contribution < 1.29 is 14.3 Å². The maximum absolute atomic E-state index is 12.9. The second-order valence-electron chi connectivity index (χ2n) is 8.45. The molecule has 3 amide bonds. The van der Waals surface area contributed by atoms with Crippen LogP contribution in [-0.2, 0) is 11.3 Å². The van der Waals surface area contributed by atoms with Crippen LogP contribution in [0.2, 0.25) is 0 Å². The Morgan fingerprint density at radius 2 is 1.65 bits per heavy atom. The fourth-order valence-corrected chi connectivity index (χ4v) is 3.86. The van der Waals surface area contributed by atoms with Crippen LogP contribution in [0.15, 0.2) is 66.7 Å². The number of anilines is 3. The largest absolute Gasteiger partial charge is 0.378 e. The van der Waals surface area contributed by atoms with Crippen LogP contribution >= 0.6 is 0 Å². The summed E-state index contributed by atoms with van der Waals surface area (Å²) in [7, 11) is 0. The van der Waals surface area contributed by atoms with Gasteiger partial charge in [-0.3, -0.25) is 4.79 Å². The van der Waals surface area contributed by atoms with Gasteiger partial charge in [0.15, 0.2) is 0 Å². The zero-order valence-electron chi connectivity index (χ0n) is 19.6. The minimum atomic E-state index is -0.364. The number of hydrogen-bond acceptors (Lipinski definition) is 4. The number of nitrogens with one attached hydrogen (secondary N) is 3. The molecule has 1 aliphatic heterocycles. The molecule has 0 aromatic heterocycles. The number of amides is 3. The van der Waals surface area contributed by atoms with Crippen molar-refractivity contribution in [3.8, 4) is 0 Å². The summed E-state index contributed by atoms with van der Waals surface area (Å²) in [5.74, 6) is -0.198. The lowest BCUT2D eigenvalue weighted by molar-refractivity contribution is 0.0951. The van der Waals surface area contributed by atoms with Crippen molar-refractivity contribution in [3.05, 3.63) is 89.0 Å². The van der Waals surface area contributed by atoms with Crippen LogP contribution in [0.3, 0.4) is 0 Å². The van der Waals surface area contributed by atoms with Crippen molar-refractivity contribution in [2.75, 3.05) is 41.8 Å². The number of nitrogens with zero attached hydrogens (tertiary/aromatic N) is 1. The van der Waals surface area contributed by atoms with Crippen LogP contribution in [-0.4, -0.2) is 38.2 Å². The number of aryl methyl sites for hydroxylation is 2. The van der Waals surface area contributed by atoms with Crippen LogP contribution < -0.4 is 20.9 Å². The molecule has 0 spiro atoms. The number of urea groups is 1. The smallest absolute Gasteiger partial charge is 0.323 e. The van der Waals surface area contributed by atoms with E-state index in [4.69, 9.17) is 4.74 Å². The monoisotopic (exact) mass is 458 g/mol. The molecular weight excluding hydrogens is 428 g/mol. The molecule has 7 nitrogen and oxygen atoms in total. The summed E-state index contributed by atoms with van der Waals surface area (Å²) in [6, 6.07) is 20.7. The molecule has 1 fully saturated rings. The summed E-state index contributed by atoms with van der Waals surface area (Å²) in [4.78, 5) is 27.8. The molecule has 3 aromatic rings. The lowest BCUT2D eigenvalue weighted by Gasteiger charge is -2.30. The summed E-state index contributed by atoms with van der Waals surface area (Å²) in [5.41, 5.74) is 5.88. The Morgan fingerprint density at radius 1 is 0.882 bits per heavy atom. The first-order valence-electron chi connectivity index (χ1n) is 11.4. The Hall–Kier alpha value is -3.84. The highest BCUT2D eigenvalue weighted by atomic mass is 16.5. The molecule has 0 saturated carbocycles. The molecule has 7 heteroatoms. The molecule has 0 bridgehead atoms. The topological polar surface area (TPSA) is 82.7 Å². The molecule has 0 atom stereocenters. The average Bonchev–Trinajstić information content (AvgIpc) is 2.84. The van der Waals surface area contributed by atoms with Gasteiger partial charge in [0.1, 0.15) is 0 Å². The van der Waals surface area contributed by atoms with Gasteiger partial charge >= 0.3 is 6.03 Å². The van der Waals surface area contributed by atoms with Gasteiger partial charge < -0.3 is 25.6 Å². The highest BCUT2D eigenvalue weighted by Crippen LogP contribution is 2.28. The van der Waals surface area contributed by atoms with Gasteiger partial charge in [-0.2, -0.15) is 0 Å². The zero-order valence-corrected chi connectivity index (χ0v) is 19.6. The van der Waals surface area contributed by atoms with Crippen LogP contribution in [0.25, 0.3) is 0 Å². The summed E-state index contributed by atoms with van der Waals surface area (Å²) in [6.45, 7) is 7.10. The Morgan fingerprint density at radius 3 is 2.38 bits per heavy atom. The van der Waals surface area contributed by atoms with E-state index in [0.29, 0.717) is 49.8 Å². The van der Waals surface area contributed by atoms with Crippen LogP contribution in [0.1, 0.15) is 27.0 Å². The van der Waals surface area contributed by atoms with E-state index in [9.17, 15) is 9.59 Å². The van der Waals surface area contributed by atoms with Crippen molar-refractivity contribution in [2.45, 2.75) is 20.4 Å². The molecule has 0 unspecified atom stereocenters. The number of benzene rings is 3. The molecule has 4 rings (SSSR count). The first-order valence-corrected chi connectivity index (χ1v) is 11.4. The summed E-state index contributed by atoms with van der Waals surface area (Å²) in [6.07, 6.45) is 0. The van der Waals surface area contributed by atoms with Gasteiger partial charge in [-0.25, -0.2) is 4.79 Å². The van der Waals surface area contributed by atoms with E-state index in [2.05, 4.69) is 20.9 Å². The van der Waals surface area contributed by atoms with E-state index in [1.54, 1.807) is 12.1 Å². The Kier molecular flexibility index (Phi) is 7.44. The number of morpholine rings is 1. The number of hydrogen-bond donors (Lipinski definition) is 3. The molecule has 0 aliphatic carbocycles. The standard InChI is InChI=1S/C27H30N4O3/c1-19-6-8-21(9-7-19)18-28-26(32)22-10-11-25(31-12-14-34-15-13-31)24(17-22)30-27(33)29-23-5-3-4-20(2)16-23/h3-11,16-17H,12-15,18H2,1-2H3,(H,28,32)(H2,29,30,33). The van der Waals surface area contributed by atoms with Crippen molar-refractivity contribution in [1.29, 1.82) is 0 Å². The van der Waals surface area contributed by atoms with Crippen LogP contribution in [0.5, 0.6) is 0 Å². The van der Waals surface area contributed by atoms with Crippen molar-refractivity contribution >= 4 is 29.0 Å². The van der Waals surface area contributed by atoms with Gasteiger partial charge in [-0.05, 0) is 55.3 Å². The van der Waals surface area contributed by atoms with Crippen LogP contribution in [0, 0.1) is 13.8 Å². The summed E-state index contributed by atoms with van der Waals surface area (Å²) < 4.78 is 5.47. The van der Waals surface area contributed by atoms with Crippen molar-refractivity contribution in [2.24, 2.45) is 0 Å². The Bertz CT molecular complexity index is 1150. The fraction of sp³-hybridized carbons (Fsp3) is 0.259. The quantitative estimate of drug-likeness (QED) is 0.499. The second kappa shape index (κ2) is 10.9. The first-order chi connectivity index (χ1) is 16.5. The van der Waals surface area contributed by atoms with E-state index in [1.165, 1.54) is 5.56 Å². The minimum absolute atomic E-state index is 0.198. The van der Waals surface area contributed by atoms with Crippen molar-refractivity contribution in [1.82, 2.24) is 5.32 Å². The molecule has 34 heavy (non-hydrogen) atoms. The normalized spacial score (nSPS) is 13.3. The van der Waals surface area contributed by atoms with E-state index in [0.717, 1.165) is 16.8 Å². The predicted molar refractivity (Wildman–Crippen MR) is 136 cm³/mol. The van der Waals surface area contributed by atoms with E-state index in [-0.39, 0.29) is 11.9 Å². The second-order valence-corrected chi connectivity index (χ2v) is 8.45. The van der Waals surface area contributed by atoms with Gasteiger partial charge in [0, 0.05) is 30.9 Å². The third-order valence-corrected chi connectivity index (χ3v) is 5.71. The molecule has 3 aromatic carbocycles. The first kappa shape index (κ1) is 23.3. The zero-order chi connectivity index (χ0) is 23.9. The lowest BCUT2D eigenvalue weighted by Crippen LogP contribution is -2.37. The number of carbonyl (C=O) groups excluding carboxylic acids is 2. The third kappa shape index (κ3) is 6.14. The summed E-state index contributed by atoms with van der Waals surface area (Å²) >= 11 is 0. The molecule has 1 heterocycles. The van der Waals surface area contributed by atoms with Crippen LogP contribution in [0.4, 0.5) is 21.9 Å². The van der Waals surface area contributed by atoms with E-state index < -0.39 is 0 Å². The third-order valence-electron chi connectivity index (χ3n) is 5.71. The van der Waals surface area contributed by atoms with E-state index in [1.807, 2.05) is 68.4 Å². The number of ether oxygens (including phenoxy) is 1. The molecule has 0 radical (unpaired) electrons. The molecule has 1 saturated heterocycles. The molecule has 3 N–H and O–H groups in total. The van der Waals surface area contributed by atoms with Gasteiger partial charge in [0.05, 0.1) is 24.6 Å². The Labute approximate surface area is 200 Å². The van der Waals surface area contributed by atoms with Gasteiger partial charge in [0.25, 0.3) is 5.91 Å².